The highest BCUT2D eigenvalue weighted by Gasteiger charge is 2.38. The summed E-state index contributed by atoms with van der Waals surface area (Å²) in [5.74, 6) is 0.856. The standard InChI is InChI=1S/C19H14N2O2/c22-19-20-16-8-4-3-7-14(16)18-21(19)11-15-13-6-2-1-5-12(13)9-10-17(15)23-18/h1-10,18H,11H2,(H,20,22)/t18-/m1/s1. The summed E-state index contributed by atoms with van der Waals surface area (Å²) in [5.41, 5.74) is 2.88. The van der Waals surface area contributed by atoms with Gasteiger partial charge in [-0.3, -0.25) is 4.90 Å². The number of rotatable bonds is 0. The maximum atomic E-state index is 12.5. The van der Waals surface area contributed by atoms with Gasteiger partial charge < -0.3 is 10.1 Å². The van der Waals surface area contributed by atoms with Crippen LogP contribution in [-0.2, 0) is 6.54 Å². The average Bonchev–Trinajstić information content (AvgIpc) is 2.60. The summed E-state index contributed by atoms with van der Waals surface area (Å²) in [6, 6.07) is 19.9. The molecule has 0 unspecified atom stereocenters. The summed E-state index contributed by atoms with van der Waals surface area (Å²) in [7, 11) is 0. The van der Waals surface area contributed by atoms with Gasteiger partial charge in [-0.25, -0.2) is 4.79 Å². The molecule has 4 nitrogen and oxygen atoms in total. The quantitative estimate of drug-likeness (QED) is 0.673. The molecule has 1 N–H and O–H groups in total. The number of nitrogens with zero attached hydrogens (tertiary/aromatic N) is 1. The molecule has 2 heterocycles. The molecule has 112 valence electrons. The Morgan fingerprint density at radius 3 is 2.78 bits per heavy atom. The van der Waals surface area contributed by atoms with Crippen LogP contribution < -0.4 is 10.1 Å². The maximum Gasteiger partial charge on any atom is 0.325 e. The molecule has 0 saturated carbocycles. The summed E-state index contributed by atoms with van der Waals surface area (Å²) in [4.78, 5) is 14.2. The predicted molar refractivity (Wildman–Crippen MR) is 88.3 cm³/mol. The van der Waals surface area contributed by atoms with Gasteiger partial charge in [0.1, 0.15) is 5.75 Å². The van der Waals surface area contributed by atoms with E-state index in [0.29, 0.717) is 6.54 Å². The number of benzene rings is 3. The first-order valence-corrected chi connectivity index (χ1v) is 7.65. The van der Waals surface area contributed by atoms with Crippen molar-refractivity contribution in [2.45, 2.75) is 12.8 Å². The van der Waals surface area contributed by atoms with Gasteiger partial charge in [-0.2, -0.15) is 0 Å². The van der Waals surface area contributed by atoms with E-state index in [0.717, 1.165) is 33.3 Å². The lowest BCUT2D eigenvalue weighted by molar-refractivity contribution is 0.0293. The number of nitrogens with one attached hydrogen (secondary N) is 1. The molecule has 2 aliphatic heterocycles. The fourth-order valence-corrected chi connectivity index (χ4v) is 3.45. The van der Waals surface area contributed by atoms with Crippen molar-refractivity contribution in [2.24, 2.45) is 0 Å². The molecule has 0 bridgehead atoms. The summed E-state index contributed by atoms with van der Waals surface area (Å²) in [6.45, 7) is 0.543. The molecule has 1 atom stereocenters. The monoisotopic (exact) mass is 302 g/mol. The maximum absolute atomic E-state index is 12.5. The van der Waals surface area contributed by atoms with E-state index in [1.165, 1.54) is 0 Å². The number of hydrogen-bond acceptors (Lipinski definition) is 2. The van der Waals surface area contributed by atoms with Crippen molar-refractivity contribution < 1.29 is 9.53 Å². The SMILES string of the molecule is O=C1Nc2ccccc2[C@H]2Oc3ccc4ccccc4c3CN12. The number of urea groups is 1. The fraction of sp³-hybridized carbons (Fsp3) is 0.105. The summed E-state index contributed by atoms with van der Waals surface area (Å²) < 4.78 is 6.21. The molecule has 0 aromatic heterocycles. The van der Waals surface area contributed by atoms with Gasteiger partial charge >= 0.3 is 6.03 Å². The van der Waals surface area contributed by atoms with Crippen molar-refractivity contribution in [1.82, 2.24) is 4.90 Å². The van der Waals surface area contributed by atoms with E-state index in [-0.39, 0.29) is 12.3 Å². The fourth-order valence-electron chi connectivity index (χ4n) is 3.45. The molecule has 2 aliphatic rings. The smallest absolute Gasteiger partial charge is 0.325 e. The Morgan fingerprint density at radius 2 is 1.83 bits per heavy atom. The first-order valence-electron chi connectivity index (χ1n) is 7.65. The van der Waals surface area contributed by atoms with E-state index in [4.69, 9.17) is 4.74 Å². The highest BCUT2D eigenvalue weighted by molar-refractivity contribution is 5.94. The number of fused-ring (bicyclic) bond motifs is 6. The third-order valence-electron chi connectivity index (χ3n) is 4.58. The third-order valence-corrected chi connectivity index (χ3v) is 4.58. The first kappa shape index (κ1) is 12.5. The van der Waals surface area contributed by atoms with Crippen molar-refractivity contribution in [3.05, 3.63) is 71.8 Å². The molecular weight excluding hydrogens is 288 g/mol. The minimum atomic E-state index is -0.367. The first-order chi connectivity index (χ1) is 11.3. The van der Waals surface area contributed by atoms with Gasteiger partial charge in [-0.15, -0.1) is 0 Å². The Bertz CT molecular complexity index is 951. The van der Waals surface area contributed by atoms with E-state index < -0.39 is 0 Å². The molecule has 5 rings (SSSR count). The van der Waals surface area contributed by atoms with Crippen molar-refractivity contribution in [1.29, 1.82) is 0 Å². The molecule has 3 aromatic rings. The van der Waals surface area contributed by atoms with E-state index in [1.54, 1.807) is 4.90 Å². The number of carbonyl (C=O) groups excluding carboxylic acids is 1. The van der Waals surface area contributed by atoms with Crippen LogP contribution in [0.5, 0.6) is 5.75 Å². The van der Waals surface area contributed by atoms with Gasteiger partial charge in [0.25, 0.3) is 0 Å². The zero-order valence-corrected chi connectivity index (χ0v) is 12.3. The number of ether oxygens (including phenoxy) is 1. The van der Waals surface area contributed by atoms with Crippen LogP contribution in [0.25, 0.3) is 10.8 Å². The van der Waals surface area contributed by atoms with Gasteiger partial charge in [0.15, 0.2) is 0 Å². The van der Waals surface area contributed by atoms with Crippen molar-refractivity contribution in [3.8, 4) is 5.75 Å². The molecule has 0 spiro atoms. The third kappa shape index (κ3) is 1.75. The Morgan fingerprint density at radius 1 is 1.00 bits per heavy atom. The van der Waals surface area contributed by atoms with E-state index in [9.17, 15) is 4.79 Å². The molecular formula is C19H14N2O2. The van der Waals surface area contributed by atoms with E-state index in [1.807, 2.05) is 42.5 Å². The van der Waals surface area contributed by atoms with Crippen molar-refractivity contribution in [2.75, 3.05) is 5.32 Å². The van der Waals surface area contributed by atoms with Crippen LogP contribution in [0.3, 0.4) is 0 Å². The normalized spacial score (nSPS) is 18.5. The molecule has 0 aliphatic carbocycles. The number of para-hydroxylation sites is 1. The van der Waals surface area contributed by atoms with Crippen LogP contribution in [0.2, 0.25) is 0 Å². The second kappa shape index (κ2) is 4.49. The summed E-state index contributed by atoms with van der Waals surface area (Å²) in [5, 5.41) is 5.24. The second-order valence-corrected chi connectivity index (χ2v) is 5.88. The summed E-state index contributed by atoms with van der Waals surface area (Å²) in [6.07, 6.45) is -0.367. The number of carbonyl (C=O) groups is 1. The topological polar surface area (TPSA) is 41.6 Å². The van der Waals surface area contributed by atoms with Crippen LogP contribution in [-0.4, -0.2) is 10.9 Å². The van der Waals surface area contributed by atoms with Crippen molar-refractivity contribution >= 4 is 22.5 Å². The highest BCUT2D eigenvalue weighted by Crippen LogP contribution is 2.42. The van der Waals surface area contributed by atoms with Gasteiger partial charge in [0.05, 0.1) is 12.2 Å². The second-order valence-electron chi connectivity index (χ2n) is 5.88. The van der Waals surface area contributed by atoms with Crippen LogP contribution in [0.1, 0.15) is 17.4 Å². The Balaban J connectivity index is 1.69. The van der Waals surface area contributed by atoms with Crippen LogP contribution in [0.15, 0.2) is 60.7 Å². The Labute approximate surface area is 133 Å². The van der Waals surface area contributed by atoms with Crippen molar-refractivity contribution in [3.63, 3.8) is 0 Å². The summed E-state index contributed by atoms with van der Waals surface area (Å²) >= 11 is 0. The molecule has 0 fully saturated rings. The van der Waals surface area contributed by atoms with Crippen LogP contribution in [0, 0.1) is 0 Å². The number of amides is 2. The average molecular weight is 302 g/mol. The molecule has 23 heavy (non-hydrogen) atoms. The minimum absolute atomic E-state index is 0.118. The van der Waals surface area contributed by atoms with Crippen LogP contribution >= 0.6 is 0 Å². The van der Waals surface area contributed by atoms with Gasteiger partial charge in [-0.1, -0.05) is 48.5 Å². The highest BCUT2D eigenvalue weighted by atomic mass is 16.5. The lowest BCUT2D eigenvalue weighted by Gasteiger charge is -2.41. The lowest BCUT2D eigenvalue weighted by Crippen LogP contribution is -2.46. The predicted octanol–water partition coefficient (Wildman–Crippen LogP) is 4.28. The van der Waals surface area contributed by atoms with Crippen LogP contribution in [0.4, 0.5) is 10.5 Å². The van der Waals surface area contributed by atoms with Gasteiger partial charge in [0.2, 0.25) is 6.23 Å². The molecule has 0 saturated heterocycles. The largest absolute Gasteiger partial charge is 0.466 e. The van der Waals surface area contributed by atoms with E-state index >= 15 is 0 Å². The Kier molecular flexibility index (Phi) is 2.45. The molecule has 3 aromatic carbocycles. The zero-order chi connectivity index (χ0) is 15.4. The number of hydrogen-bond donors (Lipinski definition) is 1. The Hall–Kier alpha value is -3.01. The zero-order valence-electron chi connectivity index (χ0n) is 12.3. The molecule has 2 amide bonds. The van der Waals surface area contributed by atoms with Gasteiger partial charge in [0, 0.05) is 11.1 Å². The minimum Gasteiger partial charge on any atom is -0.466 e. The molecule has 4 heteroatoms. The molecule has 0 radical (unpaired) electrons. The van der Waals surface area contributed by atoms with Gasteiger partial charge in [-0.05, 0) is 22.9 Å². The number of anilines is 1. The van der Waals surface area contributed by atoms with E-state index in [2.05, 4.69) is 23.5 Å². The lowest BCUT2D eigenvalue weighted by atomic mass is 9.99.